The van der Waals surface area contributed by atoms with Gasteiger partial charge in [0.05, 0.1) is 29.4 Å². The second kappa shape index (κ2) is 8.93. The molecule has 11 heteroatoms. The van der Waals surface area contributed by atoms with Crippen LogP contribution in [0.1, 0.15) is 0 Å². The second-order valence-electron chi connectivity index (χ2n) is 9.04. The van der Waals surface area contributed by atoms with E-state index in [1.165, 1.54) is 0 Å². The molecule has 3 aromatic heterocycles. The first-order chi connectivity index (χ1) is 18.1. The van der Waals surface area contributed by atoms with Gasteiger partial charge in [0.25, 0.3) is 6.01 Å². The molecule has 5 aromatic rings. The Morgan fingerprint density at radius 1 is 0.892 bits per heavy atom. The summed E-state index contributed by atoms with van der Waals surface area (Å²) in [4.78, 5) is 12.3. The minimum absolute atomic E-state index is 0.239. The average Bonchev–Trinajstić information content (AvgIpc) is 3.71. The number of ether oxygens (including phenoxy) is 3. The number of imidazole rings is 1. The van der Waals surface area contributed by atoms with Crippen molar-refractivity contribution in [2.24, 2.45) is 0 Å². The number of aliphatic hydroxyl groups excluding tert-OH is 1. The number of benzene rings is 2. The molecule has 7 rings (SSSR count). The van der Waals surface area contributed by atoms with Crippen molar-refractivity contribution in [1.29, 1.82) is 0 Å². The van der Waals surface area contributed by atoms with E-state index in [1.54, 1.807) is 18.7 Å². The number of rotatable bonds is 5. The fourth-order valence-corrected chi connectivity index (χ4v) is 5.08. The summed E-state index contributed by atoms with van der Waals surface area (Å²) < 4.78 is 19.1. The van der Waals surface area contributed by atoms with Gasteiger partial charge in [0, 0.05) is 11.3 Å². The van der Waals surface area contributed by atoms with E-state index in [-0.39, 0.29) is 24.9 Å². The van der Waals surface area contributed by atoms with Gasteiger partial charge < -0.3 is 24.3 Å². The van der Waals surface area contributed by atoms with Gasteiger partial charge in [-0.2, -0.15) is 4.98 Å². The highest BCUT2D eigenvalue weighted by molar-refractivity contribution is 6.33. The molecule has 2 aromatic carbocycles. The third-order valence-corrected chi connectivity index (χ3v) is 7.01. The molecular weight excluding hydrogens is 496 g/mol. The number of nitrogens with zero attached hydrogens (tertiary/aromatic N) is 5. The maximum Gasteiger partial charge on any atom is 0.296 e. The first-order valence-corrected chi connectivity index (χ1v) is 12.2. The number of aromatic nitrogens is 6. The van der Waals surface area contributed by atoms with Crippen molar-refractivity contribution in [3.8, 4) is 34.1 Å². The van der Waals surface area contributed by atoms with Crippen molar-refractivity contribution in [1.82, 2.24) is 29.7 Å². The molecule has 186 valence electrons. The van der Waals surface area contributed by atoms with E-state index in [2.05, 4.69) is 37.3 Å². The van der Waals surface area contributed by atoms with E-state index in [0.717, 1.165) is 22.4 Å². The van der Waals surface area contributed by atoms with Gasteiger partial charge in [-0.1, -0.05) is 48.0 Å². The standard InChI is InChI=1S/C26H21ClN6O4/c27-18-9-19-25(32-26(30-19)37-21-11-36-23-20(34)10-35-24(21)23)31-22(18)16-3-1-14(2-4-16)15-5-7-17(8-6-15)33-12-28-29-13-33/h1-9,12-13,20-21,23-24,34H,10-11H2,(H,30,31,32)/t20-,21-,23-,24-/m1/s1. The highest BCUT2D eigenvalue weighted by Crippen LogP contribution is 2.33. The molecule has 2 aliphatic heterocycles. The Kier molecular flexibility index (Phi) is 5.40. The topological polar surface area (TPSA) is 120 Å². The van der Waals surface area contributed by atoms with Gasteiger partial charge in [-0.3, -0.25) is 4.57 Å². The molecule has 2 fully saturated rings. The maximum atomic E-state index is 9.94. The number of halogens is 1. The fraction of sp³-hybridized carbons (Fsp3) is 0.231. The molecule has 0 radical (unpaired) electrons. The van der Waals surface area contributed by atoms with Gasteiger partial charge in [-0.15, -0.1) is 10.2 Å². The fourth-order valence-electron chi connectivity index (χ4n) is 4.82. The van der Waals surface area contributed by atoms with Gasteiger partial charge in [-0.25, -0.2) is 4.98 Å². The Labute approximate surface area is 215 Å². The van der Waals surface area contributed by atoms with E-state index in [0.29, 0.717) is 34.5 Å². The van der Waals surface area contributed by atoms with E-state index in [4.69, 9.17) is 25.8 Å². The van der Waals surface area contributed by atoms with Crippen LogP contribution in [0.5, 0.6) is 6.01 Å². The molecule has 0 spiro atoms. The third-order valence-electron chi connectivity index (χ3n) is 6.73. The summed E-state index contributed by atoms with van der Waals surface area (Å²) in [5.41, 5.74) is 5.82. The number of pyridine rings is 1. The molecule has 5 heterocycles. The maximum absolute atomic E-state index is 9.94. The molecule has 0 bridgehead atoms. The van der Waals surface area contributed by atoms with Crippen molar-refractivity contribution in [2.45, 2.75) is 24.4 Å². The lowest BCUT2D eigenvalue weighted by molar-refractivity contribution is 0.00706. The van der Waals surface area contributed by atoms with Crippen molar-refractivity contribution in [3.05, 3.63) is 72.3 Å². The minimum atomic E-state index is -0.636. The highest BCUT2D eigenvalue weighted by Gasteiger charge is 2.48. The van der Waals surface area contributed by atoms with Gasteiger partial charge in [0.2, 0.25) is 0 Å². The quantitative estimate of drug-likeness (QED) is 0.364. The largest absolute Gasteiger partial charge is 0.456 e. The van der Waals surface area contributed by atoms with Crippen LogP contribution in [0.2, 0.25) is 5.02 Å². The Hall–Kier alpha value is -3.83. The Morgan fingerprint density at radius 3 is 2.32 bits per heavy atom. The summed E-state index contributed by atoms with van der Waals surface area (Å²) in [6.07, 6.45) is 1.63. The Morgan fingerprint density at radius 2 is 1.57 bits per heavy atom. The summed E-state index contributed by atoms with van der Waals surface area (Å²) in [5, 5.41) is 18.1. The number of nitrogens with one attached hydrogen (secondary N) is 1. The number of fused-ring (bicyclic) bond motifs is 2. The molecule has 37 heavy (non-hydrogen) atoms. The zero-order chi connectivity index (χ0) is 24.9. The van der Waals surface area contributed by atoms with Gasteiger partial charge >= 0.3 is 0 Å². The average molecular weight is 517 g/mol. The van der Waals surface area contributed by atoms with Crippen LogP contribution in [-0.2, 0) is 9.47 Å². The molecule has 0 saturated carbocycles. The van der Waals surface area contributed by atoms with Gasteiger partial charge in [-0.05, 0) is 29.3 Å². The molecule has 0 amide bonds. The van der Waals surface area contributed by atoms with Crippen molar-refractivity contribution in [2.75, 3.05) is 13.2 Å². The van der Waals surface area contributed by atoms with E-state index < -0.39 is 6.10 Å². The van der Waals surface area contributed by atoms with Crippen LogP contribution in [0.15, 0.2) is 67.3 Å². The SMILES string of the molecule is O[C@@H]1CO[C@H]2[C@@H]1OC[C@H]2Oc1nc2nc(-c3ccc(-c4ccc(-n5cnnc5)cc4)cc3)c(Cl)cc2[nH]1. The monoisotopic (exact) mass is 516 g/mol. The van der Waals surface area contributed by atoms with Crippen molar-refractivity contribution in [3.63, 3.8) is 0 Å². The molecular formula is C26H21ClN6O4. The van der Waals surface area contributed by atoms with Crippen molar-refractivity contribution < 1.29 is 19.3 Å². The second-order valence-corrected chi connectivity index (χ2v) is 9.45. The van der Waals surface area contributed by atoms with Crippen LogP contribution in [-0.4, -0.2) is 72.5 Å². The molecule has 2 aliphatic rings. The van der Waals surface area contributed by atoms with E-state index in [9.17, 15) is 5.11 Å². The lowest BCUT2D eigenvalue weighted by Crippen LogP contribution is -2.34. The smallest absolute Gasteiger partial charge is 0.296 e. The summed E-state index contributed by atoms with van der Waals surface area (Å²) in [7, 11) is 0. The number of aliphatic hydroxyl groups is 1. The summed E-state index contributed by atoms with van der Waals surface area (Å²) in [5.74, 6) is 0. The minimum Gasteiger partial charge on any atom is -0.456 e. The van der Waals surface area contributed by atoms with Gasteiger partial charge in [0.1, 0.15) is 31.0 Å². The molecule has 0 unspecified atom stereocenters. The van der Waals surface area contributed by atoms with E-state index in [1.807, 2.05) is 41.0 Å². The van der Waals surface area contributed by atoms with Crippen LogP contribution in [0, 0.1) is 0 Å². The normalized spacial score (nSPS) is 23.0. The van der Waals surface area contributed by atoms with Crippen LogP contribution in [0.25, 0.3) is 39.2 Å². The number of hydrogen-bond donors (Lipinski definition) is 2. The summed E-state index contributed by atoms with van der Waals surface area (Å²) in [6.45, 7) is 0.557. The zero-order valence-corrected chi connectivity index (χ0v) is 20.1. The number of aromatic amines is 1. The Bertz CT molecular complexity index is 1560. The molecule has 2 saturated heterocycles. The summed E-state index contributed by atoms with van der Waals surface area (Å²) >= 11 is 6.60. The molecule has 2 N–H and O–H groups in total. The molecule has 4 atom stereocenters. The first-order valence-electron chi connectivity index (χ1n) is 11.8. The predicted molar refractivity (Wildman–Crippen MR) is 135 cm³/mol. The summed E-state index contributed by atoms with van der Waals surface area (Å²) in [6, 6.07) is 18.3. The van der Waals surface area contributed by atoms with Crippen LogP contribution < -0.4 is 4.74 Å². The lowest BCUT2D eigenvalue weighted by Gasteiger charge is -2.15. The van der Waals surface area contributed by atoms with Gasteiger partial charge in [0.15, 0.2) is 11.8 Å². The van der Waals surface area contributed by atoms with E-state index >= 15 is 0 Å². The Balaban J connectivity index is 1.11. The predicted octanol–water partition coefficient (Wildman–Crippen LogP) is 3.43. The molecule has 0 aliphatic carbocycles. The first kappa shape index (κ1) is 22.4. The molecule has 10 nitrogen and oxygen atoms in total. The van der Waals surface area contributed by atoms with Crippen molar-refractivity contribution >= 4 is 22.8 Å². The van der Waals surface area contributed by atoms with Crippen LogP contribution in [0.3, 0.4) is 0 Å². The zero-order valence-electron chi connectivity index (χ0n) is 19.4. The lowest BCUT2D eigenvalue weighted by atomic mass is 10.0. The number of H-pyrrole nitrogens is 1. The van der Waals surface area contributed by atoms with Crippen LogP contribution >= 0.6 is 11.6 Å². The third kappa shape index (κ3) is 4.04. The number of hydrogen-bond acceptors (Lipinski definition) is 8. The van der Waals surface area contributed by atoms with Crippen LogP contribution in [0.4, 0.5) is 0 Å². The highest BCUT2D eigenvalue weighted by atomic mass is 35.5.